The predicted octanol–water partition coefficient (Wildman–Crippen LogP) is -0.102. The molecule has 0 aliphatic heterocycles. The van der Waals surface area contributed by atoms with Gasteiger partial charge in [-0.25, -0.2) is 4.98 Å². The second-order valence-electron chi connectivity index (χ2n) is 3.83. The zero-order valence-corrected chi connectivity index (χ0v) is 8.30. The lowest BCUT2D eigenvalue weighted by molar-refractivity contribution is 0.757. The molecule has 1 saturated carbocycles. The van der Waals surface area contributed by atoms with Gasteiger partial charge in [-0.05, 0) is 19.4 Å². The van der Waals surface area contributed by atoms with Crippen LogP contribution in [0.3, 0.4) is 0 Å². The molecule has 0 spiro atoms. The van der Waals surface area contributed by atoms with Crippen LogP contribution < -0.4 is 5.73 Å². The van der Waals surface area contributed by atoms with Gasteiger partial charge in [0.1, 0.15) is 6.33 Å². The third kappa shape index (κ3) is 1.46. The Balaban J connectivity index is 2.15. The summed E-state index contributed by atoms with van der Waals surface area (Å²) in [4.78, 5) is 4.51. The number of fused-ring (bicyclic) bond motifs is 1. The Morgan fingerprint density at radius 2 is 2.33 bits per heavy atom. The van der Waals surface area contributed by atoms with E-state index in [2.05, 4.69) is 20.3 Å². The minimum absolute atomic E-state index is 0.552. The van der Waals surface area contributed by atoms with E-state index in [1.165, 1.54) is 12.8 Å². The number of nitrogens with two attached hydrogens (primary N) is 1. The summed E-state index contributed by atoms with van der Waals surface area (Å²) < 4.78 is 1.70. The molecule has 0 atom stereocenters. The summed E-state index contributed by atoms with van der Waals surface area (Å²) in [6, 6.07) is 0. The van der Waals surface area contributed by atoms with Gasteiger partial charge >= 0.3 is 0 Å². The van der Waals surface area contributed by atoms with Crippen molar-refractivity contribution in [3.05, 3.63) is 17.8 Å². The van der Waals surface area contributed by atoms with Gasteiger partial charge in [0.2, 0.25) is 0 Å². The fourth-order valence-electron chi connectivity index (χ4n) is 1.67. The van der Waals surface area contributed by atoms with Gasteiger partial charge in [-0.1, -0.05) is 0 Å². The van der Waals surface area contributed by atoms with E-state index in [0.717, 1.165) is 17.2 Å². The summed E-state index contributed by atoms with van der Waals surface area (Å²) in [5, 5.41) is 12.2. The van der Waals surface area contributed by atoms with Crippen LogP contribution in [0.2, 0.25) is 0 Å². The monoisotopic (exact) mass is 204 g/mol. The van der Waals surface area contributed by atoms with E-state index >= 15 is 0 Å². The summed E-state index contributed by atoms with van der Waals surface area (Å²) in [6.45, 7) is 0.567. The van der Waals surface area contributed by atoms with Crippen molar-refractivity contribution in [1.29, 1.82) is 0 Å². The molecule has 2 aromatic rings. The first-order valence-electron chi connectivity index (χ1n) is 5.15. The average Bonchev–Trinajstić information content (AvgIpc) is 2.97. The first-order chi connectivity index (χ1) is 7.38. The number of rotatable bonds is 3. The third-order valence-electron chi connectivity index (χ3n) is 2.56. The van der Waals surface area contributed by atoms with Crippen LogP contribution in [-0.2, 0) is 6.42 Å². The lowest BCUT2D eigenvalue weighted by atomic mass is 10.3. The zero-order chi connectivity index (χ0) is 10.3. The van der Waals surface area contributed by atoms with Crippen molar-refractivity contribution in [2.24, 2.45) is 5.73 Å². The van der Waals surface area contributed by atoms with Crippen LogP contribution in [-0.4, -0.2) is 31.3 Å². The second kappa shape index (κ2) is 3.23. The molecule has 2 N–H and O–H groups in total. The molecule has 15 heavy (non-hydrogen) atoms. The van der Waals surface area contributed by atoms with Gasteiger partial charge in [0.25, 0.3) is 0 Å². The van der Waals surface area contributed by atoms with E-state index in [1.807, 2.05) is 0 Å². The quantitative estimate of drug-likeness (QED) is 0.754. The Labute approximate surface area is 86.5 Å². The molecule has 2 aromatic heterocycles. The van der Waals surface area contributed by atoms with E-state index in [-0.39, 0.29) is 0 Å². The number of nitrogens with zero attached hydrogens (tertiary/aromatic N) is 5. The van der Waals surface area contributed by atoms with Crippen LogP contribution >= 0.6 is 0 Å². The molecule has 1 aliphatic carbocycles. The van der Waals surface area contributed by atoms with Crippen LogP contribution in [0, 0.1) is 0 Å². The van der Waals surface area contributed by atoms with E-state index < -0.39 is 0 Å². The molecule has 0 bridgehead atoms. The fraction of sp³-hybridized carbons (Fsp3) is 0.556. The van der Waals surface area contributed by atoms with Gasteiger partial charge < -0.3 is 5.73 Å². The van der Waals surface area contributed by atoms with Crippen LogP contribution in [0.4, 0.5) is 0 Å². The first-order valence-corrected chi connectivity index (χ1v) is 5.15. The van der Waals surface area contributed by atoms with Gasteiger partial charge in [-0.15, -0.1) is 15.3 Å². The average molecular weight is 204 g/mol. The Hall–Kier alpha value is -1.56. The van der Waals surface area contributed by atoms with Crippen molar-refractivity contribution in [2.75, 3.05) is 6.54 Å². The standard InChI is InChI=1S/C9H12N6/c10-4-3-7-12-8(6-1-2-6)9-13-11-5-15(9)14-7/h5-6H,1-4,10H2. The van der Waals surface area contributed by atoms with Crippen molar-refractivity contribution < 1.29 is 0 Å². The van der Waals surface area contributed by atoms with Gasteiger partial charge in [0, 0.05) is 12.3 Å². The molecule has 0 aromatic carbocycles. The molecule has 0 saturated heterocycles. The summed E-state index contributed by atoms with van der Waals surface area (Å²) >= 11 is 0. The highest BCUT2D eigenvalue weighted by atomic mass is 15.4. The van der Waals surface area contributed by atoms with Crippen molar-refractivity contribution in [1.82, 2.24) is 24.8 Å². The molecule has 6 heteroatoms. The summed E-state index contributed by atoms with van der Waals surface area (Å²) in [6.07, 6.45) is 4.71. The highest BCUT2D eigenvalue weighted by Crippen LogP contribution is 2.40. The van der Waals surface area contributed by atoms with Crippen LogP contribution in [0.15, 0.2) is 6.33 Å². The lowest BCUT2D eigenvalue weighted by Gasteiger charge is -2.03. The number of hydrogen-bond donors (Lipinski definition) is 1. The van der Waals surface area contributed by atoms with Crippen molar-refractivity contribution in [3.8, 4) is 0 Å². The van der Waals surface area contributed by atoms with E-state index in [4.69, 9.17) is 5.73 Å². The van der Waals surface area contributed by atoms with Gasteiger partial charge in [-0.3, -0.25) is 0 Å². The predicted molar refractivity (Wildman–Crippen MR) is 53.3 cm³/mol. The lowest BCUT2D eigenvalue weighted by Crippen LogP contribution is -2.11. The molecule has 78 valence electrons. The first kappa shape index (κ1) is 8.72. The molecule has 3 rings (SSSR count). The zero-order valence-electron chi connectivity index (χ0n) is 8.30. The highest BCUT2D eigenvalue weighted by Gasteiger charge is 2.29. The normalized spacial score (nSPS) is 16.1. The highest BCUT2D eigenvalue weighted by molar-refractivity contribution is 5.44. The summed E-state index contributed by atoms with van der Waals surface area (Å²) in [5.74, 6) is 1.34. The fourth-order valence-corrected chi connectivity index (χ4v) is 1.67. The van der Waals surface area contributed by atoms with Crippen LogP contribution in [0.1, 0.15) is 30.3 Å². The second-order valence-corrected chi connectivity index (χ2v) is 3.83. The Kier molecular flexibility index (Phi) is 1.88. The Bertz CT molecular complexity index is 486. The molecule has 6 nitrogen and oxygen atoms in total. The SMILES string of the molecule is NCCc1nc(C2CC2)c2nncn2n1. The minimum atomic E-state index is 0.552. The number of hydrogen-bond acceptors (Lipinski definition) is 5. The molecule has 1 fully saturated rings. The van der Waals surface area contributed by atoms with Crippen molar-refractivity contribution in [3.63, 3.8) is 0 Å². The minimum Gasteiger partial charge on any atom is -0.330 e. The Morgan fingerprint density at radius 3 is 3.07 bits per heavy atom. The van der Waals surface area contributed by atoms with Crippen LogP contribution in [0.25, 0.3) is 5.65 Å². The maximum absolute atomic E-state index is 5.50. The topological polar surface area (TPSA) is 82.0 Å². The van der Waals surface area contributed by atoms with E-state index in [1.54, 1.807) is 10.8 Å². The smallest absolute Gasteiger partial charge is 0.199 e. The summed E-state index contributed by atoms with van der Waals surface area (Å²) in [7, 11) is 0. The third-order valence-corrected chi connectivity index (χ3v) is 2.56. The molecular formula is C9H12N6. The molecule has 1 aliphatic rings. The van der Waals surface area contributed by atoms with E-state index in [9.17, 15) is 0 Å². The molecule has 0 unspecified atom stereocenters. The summed E-state index contributed by atoms with van der Waals surface area (Å²) in [5.41, 5.74) is 7.32. The maximum Gasteiger partial charge on any atom is 0.199 e. The van der Waals surface area contributed by atoms with Crippen LogP contribution in [0.5, 0.6) is 0 Å². The molecular weight excluding hydrogens is 192 g/mol. The van der Waals surface area contributed by atoms with Gasteiger partial charge in [-0.2, -0.15) is 4.52 Å². The van der Waals surface area contributed by atoms with Gasteiger partial charge in [0.15, 0.2) is 11.5 Å². The van der Waals surface area contributed by atoms with Crippen molar-refractivity contribution >= 4 is 5.65 Å². The van der Waals surface area contributed by atoms with E-state index in [0.29, 0.717) is 18.9 Å². The van der Waals surface area contributed by atoms with Gasteiger partial charge in [0.05, 0.1) is 5.69 Å². The molecule has 2 heterocycles. The molecule has 0 amide bonds. The molecule has 0 radical (unpaired) electrons. The number of aromatic nitrogens is 5. The van der Waals surface area contributed by atoms with Crippen molar-refractivity contribution in [2.45, 2.75) is 25.2 Å². The maximum atomic E-state index is 5.50. The largest absolute Gasteiger partial charge is 0.330 e. The Morgan fingerprint density at radius 1 is 1.47 bits per heavy atom.